The van der Waals surface area contributed by atoms with Crippen molar-refractivity contribution >= 4 is 28.7 Å². The Balaban J connectivity index is 1.56. The van der Waals surface area contributed by atoms with E-state index in [2.05, 4.69) is 10.2 Å². The second kappa shape index (κ2) is 8.94. The Morgan fingerprint density at radius 2 is 2.00 bits per heavy atom. The van der Waals surface area contributed by atoms with Crippen LogP contribution in [0.3, 0.4) is 0 Å². The van der Waals surface area contributed by atoms with Crippen molar-refractivity contribution in [1.29, 1.82) is 0 Å². The number of piperazine rings is 1. The van der Waals surface area contributed by atoms with Crippen LogP contribution in [-0.4, -0.2) is 53.1 Å². The Morgan fingerprint density at radius 3 is 2.64 bits per heavy atom. The molecule has 1 heterocycles. The molecule has 1 aliphatic heterocycles. The van der Waals surface area contributed by atoms with Crippen LogP contribution in [0.1, 0.15) is 5.56 Å². The highest BCUT2D eigenvalue weighted by atomic mass is 32.1. The van der Waals surface area contributed by atoms with E-state index in [4.69, 9.17) is 17.0 Å². The molecule has 0 radical (unpaired) electrons. The largest absolute Gasteiger partial charge is 0.494 e. The van der Waals surface area contributed by atoms with Gasteiger partial charge in [0.2, 0.25) is 0 Å². The lowest BCUT2D eigenvalue weighted by Gasteiger charge is -2.36. The van der Waals surface area contributed by atoms with E-state index < -0.39 is 4.92 Å². The van der Waals surface area contributed by atoms with Crippen molar-refractivity contribution in [2.75, 3.05) is 38.6 Å². The minimum Gasteiger partial charge on any atom is -0.494 e. The van der Waals surface area contributed by atoms with Crippen molar-refractivity contribution in [3.05, 3.63) is 64.0 Å². The molecular weight excluding hydrogens is 383 g/mol. The molecule has 0 saturated carbocycles. The molecule has 0 aromatic heterocycles. The highest BCUT2D eigenvalue weighted by Crippen LogP contribution is 2.29. The van der Waals surface area contributed by atoms with E-state index in [0.29, 0.717) is 23.1 Å². The average molecular weight is 404 g/mol. The van der Waals surface area contributed by atoms with Gasteiger partial charge in [0.1, 0.15) is 11.6 Å². The lowest BCUT2D eigenvalue weighted by atomic mass is 10.2. The molecule has 1 N–H and O–H groups in total. The first-order valence-corrected chi connectivity index (χ1v) is 9.22. The van der Waals surface area contributed by atoms with Gasteiger partial charge >= 0.3 is 0 Å². The SMILES string of the molecule is COc1cc([N+](=O)[O-])ccc1NC(=S)N1CCN(Cc2cccc(F)c2)CC1. The second-order valence-electron chi connectivity index (χ2n) is 6.46. The zero-order chi connectivity index (χ0) is 20.1. The summed E-state index contributed by atoms with van der Waals surface area (Å²) >= 11 is 5.49. The molecule has 0 bridgehead atoms. The van der Waals surface area contributed by atoms with E-state index >= 15 is 0 Å². The summed E-state index contributed by atoms with van der Waals surface area (Å²) in [5.41, 5.74) is 1.49. The number of nitro benzene ring substituents is 1. The van der Waals surface area contributed by atoms with Crippen LogP contribution in [0.15, 0.2) is 42.5 Å². The Labute approximate surface area is 167 Å². The molecule has 2 aromatic rings. The molecule has 1 saturated heterocycles. The molecular formula is C19H21FN4O3S. The predicted molar refractivity (Wildman–Crippen MR) is 109 cm³/mol. The zero-order valence-electron chi connectivity index (χ0n) is 15.4. The zero-order valence-corrected chi connectivity index (χ0v) is 16.2. The lowest BCUT2D eigenvalue weighted by Crippen LogP contribution is -2.49. The minimum absolute atomic E-state index is 0.0423. The first kappa shape index (κ1) is 20.0. The van der Waals surface area contributed by atoms with E-state index in [1.807, 2.05) is 11.0 Å². The van der Waals surface area contributed by atoms with E-state index in [0.717, 1.165) is 31.7 Å². The number of thiocarbonyl (C=S) groups is 1. The van der Waals surface area contributed by atoms with Crippen molar-refractivity contribution in [1.82, 2.24) is 9.80 Å². The molecule has 28 heavy (non-hydrogen) atoms. The van der Waals surface area contributed by atoms with Crippen LogP contribution >= 0.6 is 12.2 Å². The quantitative estimate of drug-likeness (QED) is 0.466. The van der Waals surface area contributed by atoms with Crippen LogP contribution in [0, 0.1) is 15.9 Å². The van der Waals surface area contributed by atoms with Crippen LogP contribution in [0.2, 0.25) is 0 Å². The van der Waals surface area contributed by atoms with Crippen LogP contribution in [0.4, 0.5) is 15.8 Å². The van der Waals surface area contributed by atoms with Gasteiger partial charge in [0.25, 0.3) is 5.69 Å². The summed E-state index contributed by atoms with van der Waals surface area (Å²) in [6.45, 7) is 3.76. The number of halogens is 1. The number of ether oxygens (including phenoxy) is 1. The molecule has 3 rings (SSSR count). The van der Waals surface area contributed by atoms with E-state index in [-0.39, 0.29) is 11.5 Å². The van der Waals surface area contributed by atoms with Crippen molar-refractivity contribution in [3.8, 4) is 5.75 Å². The molecule has 9 heteroatoms. The highest BCUT2D eigenvalue weighted by molar-refractivity contribution is 7.80. The van der Waals surface area contributed by atoms with Crippen molar-refractivity contribution in [3.63, 3.8) is 0 Å². The number of hydrogen-bond acceptors (Lipinski definition) is 5. The third kappa shape index (κ3) is 4.93. The number of nitro groups is 1. The number of nitrogens with one attached hydrogen (secondary N) is 1. The summed E-state index contributed by atoms with van der Waals surface area (Å²) in [7, 11) is 1.46. The van der Waals surface area contributed by atoms with Gasteiger partial charge in [0, 0.05) is 38.8 Å². The first-order chi connectivity index (χ1) is 13.5. The molecule has 0 amide bonds. The summed E-state index contributed by atoms with van der Waals surface area (Å²) in [5.74, 6) is 0.139. The van der Waals surface area contributed by atoms with Gasteiger partial charge in [-0.1, -0.05) is 12.1 Å². The molecule has 1 fully saturated rings. The molecule has 1 aliphatic rings. The molecule has 7 nitrogen and oxygen atoms in total. The van der Waals surface area contributed by atoms with Crippen LogP contribution in [-0.2, 0) is 6.54 Å². The number of methoxy groups -OCH3 is 1. The number of hydrogen-bond donors (Lipinski definition) is 1. The van der Waals surface area contributed by atoms with Crippen LogP contribution < -0.4 is 10.1 Å². The smallest absolute Gasteiger partial charge is 0.273 e. The topological polar surface area (TPSA) is 70.9 Å². The van der Waals surface area contributed by atoms with E-state index in [9.17, 15) is 14.5 Å². The molecule has 2 aromatic carbocycles. The fourth-order valence-corrected chi connectivity index (χ4v) is 3.39. The number of non-ortho nitro benzene ring substituents is 1. The normalized spacial score (nSPS) is 14.6. The van der Waals surface area contributed by atoms with Gasteiger partial charge < -0.3 is 15.0 Å². The van der Waals surface area contributed by atoms with Crippen LogP contribution in [0.25, 0.3) is 0 Å². The molecule has 0 atom stereocenters. The predicted octanol–water partition coefficient (Wildman–Crippen LogP) is 3.26. The average Bonchev–Trinajstić information content (AvgIpc) is 2.68. The van der Waals surface area contributed by atoms with E-state index in [1.54, 1.807) is 18.2 Å². The summed E-state index contributed by atoms with van der Waals surface area (Å²) < 4.78 is 18.6. The monoisotopic (exact) mass is 404 g/mol. The van der Waals surface area contributed by atoms with Crippen LogP contribution in [0.5, 0.6) is 5.75 Å². The maximum absolute atomic E-state index is 13.3. The van der Waals surface area contributed by atoms with Gasteiger partial charge in [-0.3, -0.25) is 15.0 Å². The Bertz CT molecular complexity index is 872. The standard InChI is InChI=1S/C19H21FN4O3S/c1-27-18-12-16(24(25)26)5-6-17(18)21-19(28)23-9-7-22(8-10-23)13-14-3-2-4-15(20)11-14/h2-6,11-12H,7-10,13H2,1H3,(H,21,28). The number of rotatable bonds is 5. The van der Waals surface area contributed by atoms with Gasteiger partial charge in [0.05, 0.1) is 23.8 Å². The third-order valence-electron chi connectivity index (χ3n) is 4.59. The third-order valence-corrected chi connectivity index (χ3v) is 4.95. The van der Waals surface area contributed by atoms with Gasteiger partial charge in [-0.05, 0) is 36.0 Å². The van der Waals surface area contributed by atoms with Crippen molar-refractivity contribution in [2.45, 2.75) is 6.54 Å². The highest BCUT2D eigenvalue weighted by Gasteiger charge is 2.20. The Kier molecular flexibility index (Phi) is 6.37. The fraction of sp³-hybridized carbons (Fsp3) is 0.316. The Morgan fingerprint density at radius 1 is 1.25 bits per heavy atom. The number of nitrogens with zero attached hydrogens (tertiary/aromatic N) is 3. The van der Waals surface area contributed by atoms with Gasteiger partial charge in [-0.15, -0.1) is 0 Å². The lowest BCUT2D eigenvalue weighted by molar-refractivity contribution is -0.384. The summed E-state index contributed by atoms with van der Waals surface area (Å²) in [6, 6.07) is 11.0. The summed E-state index contributed by atoms with van der Waals surface area (Å²) in [6.07, 6.45) is 0. The Hall–Kier alpha value is -2.78. The summed E-state index contributed by atoms with van der Waals surface area (Å²) in [4.78, 5) is 14.7. The molecule has 0 spiro atoms. The second-order valence-corrected chi connectivity index (χ2v) is 6.85. The maximum Gasteiger partial charge on any atom is 0.273 e. The van der Waals surface area contributed by atoms with Gasteiger partial charge in [-0.25, -0.2) is 4.39 Å². The fourth-order valence-electron chi connectivity index (χ4n) is 3.09. The number of benzene rings is 2. The van der Waals surface area contributed by atoms with Crippen molar-refractivity contribution < 1.29 is 14.1 Å². The maximum atomic E-state index is 13.3. The molecule has 0 unspecified atom stereocenters. The van der Waals surface area contributed by atoms with Gasteiger partial charge in [-0.2, -0.15) is 0 Å². The first-order valence-electron chi connectivity index (χ1n) is 8.81. The number of anilines is 1. The van der Waals surface area contributed by atoms with Gasteiger partial charge in [0.15, 0.2) is 5.11 Å². The molecule has 0 aliphatic carbocycles. The summed E-state index contributed by atoms with van der Waals surface area (Å²) in [5, 5.41) is 14.6. The van der Waals surface area contributed by atoms with E-state index in [1.165, 1.54) is 25.3 Å². The molecule has 148 valence electrons. The van der Waals surface area contributed by atoms with Crippen molar-refractivity contribution in [2.24, 2.45) is 0 Å². The minimum atomic E-state index is -0.470.